The molecular formula is C22H26N2O3. The van der Waals surface area contributed by atoms with Gasteiger partial charge in [-0.2, -0.15) is 0 Å². The predicted octanol–water partition coefficient (Wildman–Crippen LogP) is 3.37. The lowest BCUT2D eigenvalue weighted by atomic mass is 9.78. The van der Waals surface area contributed by atoms with Crippen molar-refractivity contribution in [1.82, 2.24) is 9.80 Å². The lowest BCUT2D eigenvalue weighted by Gasteiger charge is -2.39. The number of hydrogen-bond acceptors (Lipinski definition) is 3. The maximum absolute atomic E-state index is 13.2. The van der Waals surface area contributed by atoms with Gasteiger partial charge in [-0.3, -0.25) is 9.59 Å². The van der Waals surface area contributed by atoms with Crippen molar-refractivity contribution in [3.8, 4) is 0 Å². The van der Waals surface area contributed by atoms with E-state index in [1.807, 2.05) is 11.0 Å². The first-order chi connectivity index (χ1) is 13.2. The first kappa shape index (κ1) is 17.8. The summed E-state index contributed by atoms with van der Waals surface area (Å²) in [5, 5.41) is 0. The quantitative estimate of drug-likeness (QED) is 0.815. The molecule has 5 heteroatoms. The van der Waals surface area contributed by atoms with E-state index in [2.05, 4.69) is 24.3 Å². The summed E-state index contributed by atoms with van der Waals surface area (Å²) in [6, 6.07) is 13.8. The van der Waals surface area contributed by atoms with Crippen molar-refractivity contribution < 1.29 is 14.0 Å². The maximum Gasteiger partial charge on any atom is 0.289 e. The van der Waals surface area contributed by atoms with Crippen LogP contribution in [0.5, 0.6) is 0 Å². The first-order valence-electron chi connectivity index (χ1n) is 9.84. The molecule has 27 heavy (non-hydrogen) atoms. The smallest absolute Gasteiger partial charge is 0.289 e. The fraction of sp³-hybridized carbons (Fsp3) is 0.455. The number of piperidine rings is 1. The van der Waals surface area contributed by atoms with Crippen LogP contribution in [0.2, 0.25) is 0 Å². The van der Waals surface area contributed by atoms with Gasteiger partial charge in [0.05, 0.1) is 11.7 Å². The molecule has 2 aliphatic heterocycles. The summed E-state index contributed by atoms with van der Waals surface area (Å²) in [6.45, 7) is 2.77. The molecule has 2 amide bonds. The van der Waals surface area contributed by atoms with Crippen molar-refractivity contribution in [2.24, 2.45) is 5.41 Å². The average Bonchev–Trinajstić information content (AvgIpc) is 3.37. The highest BCUT2D eigenvalue weighted by atomic mass is 16.3. The Labute approximate surface area is 159 Å². The Hall–Kier alpha value is -2.56. The average molecular weight is 366 g/mol. The van der Waals surface area contributed by atoms with Crippen LogP contribution in [0.15, 0.2) is 53.1 Å². The molecule has 1 spiro atoms. The second-order valence-corrected chi connectivity index (χ2v) is 7.72. The van der Waals surface area contributed by atoms with Gasteiger partial charge >= 0.3 is 0 Å². The van der Waals surface area contributed by atoms with Crippen molar-refractivity contribution in [3.05, 3.63) is 60.1 Å². The van der Waals surface area contributed by atoms with E-state index < -0.39 is 5.41 Å². The first-order valence-corrected chi connectivity index (χ1v) is 9.84. The van der Waals surface area contributed by atoms with Gasteiger partial charge in [0.25, 0.3) is 5.91 Å². The number of nitrogens with zero attached hydrogens (tertiary/aromatic N) is 2. The van der Waals surface area contributed by atoms with E-state index in [4.69, 9.17) is 4.42 Å². The van der Waals surface area contributed by atoms with Gasteiger partial charge in [0.2, 0.25) is 5.91 Å². The lowest BCUT2D eigenvalue weighted by molar-refractivity contribution is -0.145. The molecule has 2 fully saturated rings. The summed E-state index contributed by atoms with van der Waals surface area (Å²) in [4.78, 5) is 29.6. The Morgan fingerprint density at radius 3 is 2.70 bits per heavy atom. The minimum Gasteiger partial charge on any atom is -0.459 e. The Morgan fingerprint density at radius 2 is 1.93 bits per heavy atom. The van der Waals surface area contributed by atoms with Crippen LogP contribution in [-0.2, 0) is 11.2 Å². The van der Waals surface area contributed by atoms with E-state index in [-0.39, 0.29) is 11.8 Å². The van der Waals surface area contributed by atoms with Gasteiger partial charge in [-0.15, -0.1) is 0 Å². The third kappa shape index (κ3) is 3.64. The van der Waals surface area contributed by atoms with Gasteiger partial charge in [0, 0.05) is 26.2 Å². The molecule has 1 aromatic carbocycles. The summed E-state index contributed by atoms with van der Waals surface area (Å²) >= 11 is 0. The zero-order chi connectivity index (χ0) is 18.7. The van der Waals surface area contributed by atoms with Crippen LogP contribution >= 0.6 is 0 Å². The summed E-state index contributed by atoms with van der Waals surface area (Å²) in [6.07, 6.45) is 6.12. The standard InChI is InChI=1S/C22H26N2O3/c25-20(19-10-5-16-27-19)24-15-12-22(17-24)11-6-14-23(21(22)26)13-4-9-18-7-2-1-3-8-18/h1-3,5,7-8,10,16H,4,6,9,11-15,17H2/t22-/m0/s1. The van der Waals surface area contributed by atoms with E-state index in [0.717, 1.165) is 45.2 Å². The van der Waals surface area contributed by atoms with E-state index in [1.165, 1.54) is 11.8 Å². The highest BCUT2D eigenvalue weighted by Crippen LogP contribution is 2.40. The molecule has 142 valence electrons. The minimum absolute atomic E-state index is 0.106. The molecule has 0 saturated carbocycles. The van der Waals surface area contributed by atoms with Gasteiger partial charge in [-0.25, -0.2) is 0 Å². The number of amides is 2. The fourth-order valence-electron chi connectivity index (χ4n) is 4.46. The number of carbonyl (C=O) groups excluding carboxylic acids is 2. The van der Waals surface area contributed by atoms with Crippen molar-refractivity contribution in [1.29, 1.82) is 0 Å². The van der Waals surface area contributed by atoms with Gasteiger partial charge in [-0.05, 0) is 49.8 Å². The molecule has 2 aromatic rings. The molecule has 0 bridgehead atoms. The monoisotopic (exact) mass is 366 g/mol. The highest BCUT2D eigenvalue weighted by molar-refractivity contribution is 5.93. The predicted molar refractivity (Wildman–Crippen MR) is 102 cm³/mol. The van der Waals surface area contributed by atoms with Gasteiger partial charge in [0.15, 0.2) is 5.76 Å². The van der Waals surface area contributed by atoms with Crippen molar-refractivity contribution in [2.45, 2.75) is 32.1 Å². The van der Waals surface area contributed by atoms with Crippen LogP contribution in [0.1, 0.15) is 41.8 Å². The maximum atomic E-state index is 13.2. The molecule has 0 N–H and O–H groups in total. The minimum atomic E-state index is -0.396. The van der Waals surface area contributed by atoms with Crippen LogP contribution in [0, 0.1) is 5.41 Å². The molecule has 3 heterocycles. The van der Waals surface area contributed by atoms with Crippen LogP contribution in [0.3, 0.4) is 0 Å². The van der Waals surface area contributed by atoms with Crippen LogP contribution in [-0.4, -0.2) is 47.8 Å². The number of furan rings is 1. The molecule has 5 nitrogen and oxygen atoms in total. The Bertz CT molecular complexity index is 787. The SMILES string of the molecule is O=C(c1ccco1)N1CC[C@@]2(CCCN(CCCc3ccccc3)C2=O)C1. The molecule has 0 unspecified atom stereocenters. The van der Waals surface area contributed by atoms with Crippen LogP contribution in [0.25, 0.3) is 0 Å². The van der Waals surface area contributed by atoms with Crippen molar-refractivity contribution >= 4 is 11.8 Å². The van der Waals surface area contributed by atoms with Crippen molar-refractivity contribution in [2.75, 3.05) is 26.2 Å². The summed E-state index contributed by atoms with van der Waals surface area (Å²) in [7, 11) is 0. The van der Waals surface area contributed by atoms with Gasteiger partial charge < -0.3 is 14.2 Å². The molecule has 1 atom stereocenters. The number of likely N-dealkylation sites (tertiary alicyclic amines) is 2. The molecule has 1 aromatic heterocycles. The van der Waals surface area contributed by atoms with Gasteiger partial charge in [0.1, 0.15) is 0 Å². The molecule has 2 saturated heterocycles. The fourth-order valence-corrected chi connectivity index (χ4v) is 4.46. The number of hydrogen-bond donors (Lipinski definition) is 0. The van der Waals surface area contributed by atoms with Crippen LogP contribution < -0.4 is 0 Å². The molecule has 2 aliphatic rings. The Kier molecular flexibility index (Phi) is 5.01. The molecular weight excluding hydrogens is 340 g/mol. The molecule has 0 radical (unpaired) electrons. The number of aryl methyl sites for hydroxylation is 1. The third-order valence-corrected chi connectivity index (χ3v) is 5.93. The summed E-state index contributed by atoms with van der Waals surface area (Å²) < 4.78 is 5.24. The summed E-state index contributed by atoms with van der Waals surface area (Å²) in [5.41, 5.74) is 0.917. The third-order valence-electron chi connectivity index (χ3n) is 5.93. The molecule has 0 aliphatic carbocycles. The Balaban J connectivity index is 1.36. The van der Waals surface area contributed by atoms with E-state index >= 15 is 0 Å². The van der Waals surface area contributed by atoms with Gasteiger partial charge in [-0.1, -0.05) is 30.3 Å². The van der Waals surface area contributed by atoms with Crippen molar-refractivity contribution in [3.63, 3.8) is 0 Å². The second-order valence-electron chi connectivity index (χ2n) is 7.72. The van der Waals surface area contributed by atoms with Crippen LogP contribution in [0.4, 0.5) is 0 Å². The van der Waals surface area contributed by atoms with E-state index in [1.54, 1.807) is 17.0 Å². The normalized spacial score (nSPS) is 22.6. The largest absolute Gasteiger partial charge is 0.459 e. The number of benzene rings is 1. The van der Waals surface area contributed by atoms with E-state index in [0.29, 0.717) is 18.8 Å². The zero-order valence-corrected chi connectivity index (χ0v) is 15.6. The lowest BCUT2D eigenvalue weighted by Crippen LogP contribution is -2.50. The number of rotatable bonds is 5. The molecule has 4 rings (SSSR count). The highest BCUT2D eigenvalue weighted by Gasteiger charge is 2.49. The second kappa shape index (κ2) is 7.59. The zero-order valence-electron chi connectivity index (χ0n) is 15.6. The summed E-state index contributed by atoms with van der Waals surface area (Å²) in [5.74, 6) is 0.484. The Morgan fingerprint density at radius 1 is 1.07 bits per heavy atom. The number of carbonyl (C=O) groups is 2. The van der Waals surface area contributed by atoms with E-state index in [9.17, 15) is 9.59 Å². The topological polar surface area (TPSA) is 53.8 Å².